The summed E-state index contributed by atoms with van der Waals surface area (Å²) in [5.74, 6) is -4.81. The Labute approximate surface area is 285 Å². The molecule has 2 fully saturated rings. The molecule has 3 aliphatic rings. The third kappa shape index (κ3) is 6.55. The normalized spacial score (nSPS) is 20.6. The standard InChI is InChI=1S/C31H28N8O8S2/c32-31-36-20(13-49-31)23(38-47)27(43)37-24-28(44)39-25(30(45)46)19(12-48-29(24)39)22(17-7-9-34-26(17)42)18(14-2-1-8-33-11-14)10-21(41)35-15-3-5-16(40)6-4-15/h1-6,8,11,13,18,24,29,40,47H,7,9-10,12H2,(H2,32,36)(H,34,42)(H,35,41)(H,37,43)(H,45,46)/t18?,24-,29-/m1/s1. The predicted octanol–water partition coefficient (Wildman–Crippen LogP) is 1.37. The number of aliphatic carboxylic acids is 1. The highest BCUT2D eigenvalue weighted by molar-refractivity contribution is 8.00. The van der Waals surface area contributed by atoms with Crippen molar-refractivity contribution in [3.05, 3.63) is 87.8 Å². The quantitative estimate of drug-likeness (QED) is 0.0395. The van der Waals surface area contributed by atoms with E-state index in [1.807, 2.05) is 0 Å². The highest BCUT2D eigenvalue weighted by Crippen LogP contribution is 2.47. The molecule has 0 spiro atoms. The number of carbonyl (C=O) groups is 5. The number of β-lactam (4-membered cyclic amide) rings is 1. The number of pyridine rings is 1. The fourth-order valence-corrected chi connectivity index (χ4v) is 7.85. The molecule has 3 aliphatic heterocycles. The lowest BCUT2D eigenvalue weighted by atomic mass is 9.80. The maximum Gasteiger partial charge on any atom is 0.352 e. The van der Waals surface area contributed by atoms with Crippen molar-refractivity contribution in [2.75, 3.05) is 23.3 Å². The fraction of sp³-hybridized carbons (Fsp3) is 0.226. The molecular weight excluding hydrogens is 677 g/mol. The van der Waals surface area contributed by atoms with Gasteiger partial charge in [-0.05, 0) is 53.5 Å². The zero-order valence-electron chi connectivity index (χ0n) is 25.3. The molecule has 0 bridgehead atoms. The highest BCUT2D eigenvalue weighted by atomic mass is 32.2. The van der Waals surface area contributed by atoms with Gasteiger partial charge in [0.2, 0.25) is 11.8 Å². The first kappa shape index (κ1) is 33.2. The summed E-state index contributed by atoms with van der Waals surface area (Å²) in [6, 6.07) is 8.07. The van der Waals surface area contributed by atoms with E-state index in [1.54, 1.807) is 18.3 Å². The first-order chi connectivity index (χ1) is 23.6. The summed E-state index contributed by atoms with van der Waals surface area (Å²) < 4.78 is 0. The molecule has 1 unspecified atom stereocenters. The number of amides is 4. The lowest BCUT2D eigenvalue weighted by molar-refractivity contribution is -0.150. The molecule has 2 saturated heterocycles. The Morgan fingerprint density at radius 1 is 1.18 bits per heavy atom. The number of benzene rings is 1. The molecule has 252 valence electrons. The number of thioether (sulfide) groups is 1. The van der Waals surface area contributed by atoms with Gasteiger partial charge in [-0.3, -0.25) is 29.1 Å². The van der Waals surface area contributed by atoms with Crippen LogP contribution < -0.4 is 21.7 Å². The van der Waals surface area contributed by atoms with E-state index >= 15 is 0 Å². The number of thiazole rings is 1. The van der Waals surface area contributed by atoms with Gasteiger partial charge in [0.05, 0.1) is 0 Å². The van der Waals surface area contributed by atoms with E-state index in [1.165, 1.54) is 47.6 Å². The van der Waals surface area contributed by atoms with Gasteiger partial charge in [-0.1, -0.05) is 11.2 Å². The number of aromatic hydroxyl groups is 1. The van der Waals surface area contributed by atoms with Gasteiger partial charge in [-0.15, -0.1) is 23.1 Å². The van der Waals surface area contributed by atoms with Crippen molar-refractivity contribution in [3.63, 3.8) is 0 Å². The number of oxime groups is 1. The minimum absolute atomic E-state index is 0.00201. The maximum absolute atomic E-state index is 13.6. The van der Waals surface area contributed by atoms with Gasteiger partial charge in [0.1, 0.15) is 28.6 Å². The number of phenolic OH excluding ortho intramolecular Hbond substituents is 1. The molecule has 0 radical (unpaired) electrons. The van der Waals surface area contributed by atoms with E-state index in [2.05, 4.69) is 31.1 Å². The largest absolute Gasteiger partial charge is 0.508 e. The first-order valence-electron chi connectivity index (χ1n) is 14.7. The number of rotatable bonds is 10. The van der Waals surface area contributed by atoms with Crippen LogP contribution in [0.5, 0.6) is 5.75 Å². The number of carboxylic acids is 1. The van der Waals surface area contributed by atoms with Crippen LogP contribution in [0.25, 0.3) is 0 Å². The Kier molecular flexibility index (Phi) is 9.32. The SMILES string of the molecule is Nc1nc(C(=NO)C(=O)N[C@@H]2C(=O)N3C(C(=O)O)=C(C(=C4CCNC4=O)C(CC(=O)Nc4ccc(O)cc4)c4cccnc4)CS[C@H]23)cs1. The summed E-state index contributed by atoms with van der Waals surface area (Å²) in [6.07, 6.45) is 3.09. The average Bonchev–Trinajstić information content (AvgIpc) is 3.72. The van der Waals surface area contributed by atoms with Crippen molar-refractivity contribution in [2.45, 2.75) is 30.2 Å². The predicted molar refractivity (Wildman–Crippen MR) is 178 cm³/mol. The van der Waals surface area contributed by atoms with Gasteiger partial charge in [0.15, 0.2) is 10.8 Å². The Morgan fingerprint density at radius 3 is 2.57 bits per heavy atom. The molecule has 18 heteroatoms. The van der Waals surface area contributed by atoms with Gasteiger partial charge < -0.3 is 37.1 Å². The van der Waals surface area contributed by atoms with Crippen molar-refractivity contribution >= 4 is 69.2 Å². The van der Waals surface area contributed by atoms with E-state index in [0.29, 0.717) is 23.4 Å². The molecule has 0 aliphatic carbocycles. The van der Waals surface area contributed by atoms with Crippen molar-refractivity contribution in [1.82, 2.24) is 25.5 Å². The number of nitrogens with zero attached hydrogens (tertiary/aromatic N) is 4. The number of hydrogen-bond donors (Lipinski definition) is 7. The number of nitrogens with two attached hydrogens (primary N) is 1. The second kappa shape index (κ2) is 13.8. The fourth-order valence-electron chi connectivity index (χ4n) is 5.94. The van der Waals surface area contributed by atoms with Crippen molar-refractivity contribution < 1.29 is 39.4 Å². The Balaban J connectivity index is 1.36. The van der Waals surface area contributed by atoms with E-state index < -0.39 is 52.6 Å². The van der Waals surface area contributed by atoms with Crippen LogP contribution in [0.2, 0.25) is 0 Å². The van der Waals surface area contributed by atoms with Gasteiger partial charge in [-0.2, -0.15) is 0 Å². The van der Waals surface area contributed by atoms with Crippen LogP contribution in [0.1, 0.15) is 30.0 Å². The summed E-state index contributed by atoms with van der Waals surface area (Å²) in [4.78, 5) is 75.5. The molecule has 5 heterocycles. The smallest absolute Gasteiger partial charge is 0.352 e. The van der Waals surface area contributed by atoms with Crippen LogP contribution in [0.3, 0.4) is 0 Å². The van der Waals surface area contributed by atoms with Gasteiger partial charge in [0, 0.05) is 53.7 Å². The molecule has 1 aromatic carbocycles. The van der Waals surface area contributed by atoms with E-state index in [4.69, 9.17) is 5.73 Å². The Bertz CT molecular complexity index is 1940. The Hall–Kier alpha value is -5.75. The van der Waals surface area contributed by atoms with Gasteiger partial charge in [0.25, 0.3) is 11.8 Å². The number of nitrogen functional groups attached to an aromatic ring is 1. The maximum atomic E-state index is 13.6. The zero-order valence-corrected chi connectivity index (χ0v) is 27.0. The monoisotopic (exact) mass is 704 g/mol. The number of phenols is 1. The summed E-state index contributed by atoms with van der Waals surface area (Å²) in [5, 5.41) is 41.4. The molecule has 8 N–H and O–H groups in total. The molecule has 16 nitrogen and oxygen atoms in total. The van der Waals surface area contributed by atoms with Crippen LogP contribution in [-0.4, -0.2) is 89.3 Å². The third-order valence-corrected chi connectivity index (χ3v) is 10.1. The van der Waals surface area contributed by atoms with E-state index in [0.717, 1.165) is 16.2 Å². The van der Waals surface area contributed by atoms with Crippen molar-refractivity contribution in [2.24, 2.45) is 5.16 Å². The summed E-state index contributed by atoms with van der Waals surface area (Å²) >= 11 is 2.18. The number of nitrogens with one attached hydrogen (secondary N) is 3. The lowest BCUT2D eigenvalue weighted by Gasteiger charge is -2.50. The molecule has 49 heavy (non-hydrogen) atoms. The van der Waals surface area contributed by atoms with E-state index in [-0.39, 0.29) is 52.0 Å². The zero-order chi connectivity index (χ0) is 34.8. The van der Waals surface area contributed by atoms with Crippen LogP contribution in [-0.2, 0) is 24.0 Å². The Morgan fingerprint density at radius 2 is 1.96 bits per heavy atom. The summed E-state index contributed by atoms with van der Waals surface area (Å²) in [6.45, 7) is 0.290. The molecular formula is C31H28N8O8S2. The minimum Gasteiger partial charge on any atom is -0.508 e. The minimum atomic E-state index is -1.44. The number of hydrogen-bond acceptors (Lipinski definition) is 13. The second-order valence-corrected chi connectivity index (χ2v) is 13.0. The summed E-state index contributed by atoms with van der Waals surface area (Å²) in [7, 11) is 0. The first-order valence-corrected chi connectivity index (χ1v) is 16.7. The van der Waals surface area contributed by atoms with Crippen molar-refractivity contribution in [1.29, 1.82) is 0 Å². The molecule has 2 aromatic heterocycles. The van der Waals surface area contributed by atoms with Crippen LogP contribution >= 0.6 is 23.1 Å². The lowest BCUT2D eigenvalue weighted by Crippen LogP contribution is -2.71. The third-order valence-electron chi connectivity index (χ3n) is 8.10. The van der Waals surface area contributed by atoms with Gasteiger partial charge in [-0.25, -0.2) is 9.78 Å². The highest BCUT2D eigenvalue weighted by Gasteiger charge is 2.55. The van der Waals surface area contributed by atoms with Crippen LogP contribution in [0.4, 0.5) is 10.8 Å². The number of aromatic nitrogens is 2. The molecule has 3 aromatic rings. The van der Waals surface area contributed by atoms with Gasteiger partial charge >= 0.3 is 5.97 Å². The molecule has 3 atom stereocenters. The number of carboxylic acid groups (broad SMARTS) is 1. The second-order valence-electron chi connectivity index (χ2n) is 11.0. The average molecular weight is 705 g/mol. The van der Waals surface area contributed by atoms with Crippen molar-refractivity contribution in [3.8, 4) is 5.75 Å². The van der Waals surface area contributed by atoms with Crippen LogP contribution in [0.15, 0.2) is 81.7 Å². The number of allylic oxidation sites excluding steroid dienone is 1. The van der Waals surface area contributed by atoms with Crippen LogP contribution in [0, 0.1) is 0 Å². The number of carbonyl (C=O) groups excluding carboxylic acids is 4. The topological polar surface area (TPSA) is 250 Å². The number of fused-ring (bicyclic) bond motifs is 1. The number of anilines is 2. The molecule has 6 rings (SSSR count). The van der Waals surface area contributed by atoms with E-state index in [9.17, 15) is 39.4 Å². The summed E-state index contributed by atoms with van der Waals surface area (Å²) in [5.41, 5.74) is 6.48. The molecule has 4 amide bonds. The molecule has 0 saturated carbocycles.